The van der Waals surface area contributed by atoms with Gasteiger partial charge in [-0.05, 0) is 35.9 Å². The first-order valence-electron chi connectivity index (χ1n) is 5.57. The highest BCUT2D eigenvalue weighted by atomic mass is 79.9. The van der Waals surface area contributed by atoms with Crippen LogP contribution in [0, 0.1) is 11.6 Å². The van der Waals surface area contributed by atoms with Gasteiger partial charge < -0.3 is 9.84 Å². The van der Waals surface area contributed by atoms with Crippen molar-refractivity contribution >= 4 is 15.9 Å². The Kier molecular flexibility index (Phi) is 4.50. The summed E-state index contributed by atoms with van der Waals surface area (Å²) in [5, 5.41) is 9.11. The monoisotopic (exact) mass is 328 g/mol. The smallest absolute Gasteiger partial charge is 0.132 e. The van der Waals surface area contributed by atoms with Crippen LogP contribution in [-0.4, -0.2) is 5.11 Å². The standard InChI is InChI=1S/C14H11BrF2O2/c15-12-5-4-10(6-9(12)7-18)19-8-11-13(16)2-1-3-14(11)17/h1-6,18H,7-8H2. The first-order chi connectivity index (χ1) is 9.11. The van der Waals surface area contributed by atoms with Crippen molar-refractivity contribution in [3.63, 3.8) is 0 Å². The molecule has 0 aliphatic heterocycles. The van der Waals surface area contributed by atoms with E-state index in [4.69, 9.17) is 9.84 Å². The quantitative estimate of drug-likeness (QED) is 0.925. The summed E-state index contributed by atoms with van der Waals surface area (Å²) >= 11 is 3.27. The highest BCUT2D eigenvalue weighted by molar-refractivity contribution is 9.10. The van der Waals surface area contributed by atoms with E-state index in [9.17, 15) is 8.78 Å². The zero-order valence-corrected chi connectivity index (χ0v) is 11.5. The molecule has 5 heteroatoms. The van der Waals surface area contributed by atoms with Crippen LogP contribution >= 0.6 is 15.9 Å². The number of benzene rings is 2. The van der Waals surface area contributed by atoms with Gasteiger partial charge in [-0.1, -0.05) is 22.0 Å². The van der Waals surface area contributed by atoms with Crippen LogP contribution in [-0.2, 0) is 13.2 Å². The maximum absolute atomic E-state index is 13.4. The van der Waals surface area contributed by atoms with Crippen molar-refractivity contribution in [1.82, 2.24) is 0 Å². The number of hydrogen-bond donors (Lipinski definition) is 1. The Morgan fingerprint density at radius 2 is 1.79 bits per heavy atom. The molecular formula is C14H11BrF2O2. The number of halogens is 3. The maximum atomic E-state index is 13.4. The normalized spacial score (nSPS) is 10.5. The fraction of sp³-hybridized carbons (Fsp3) is 0.143. The van der Waals surface area contributed by atoms with Crippen molar-refractivity contribution in [3.8, 4) is 5.75 Å². The van der Waals surface area contributed by atoms with E-state index in [0.717, 1.165) is 4.47 Å². The molecule has 2 aromatic rings. The largest absolute Gasteiger partial charge is 0.489 e. The molecule has 0 aliphatic rings. The lowest BCUT2D eigenvalue weighted by Gasteiger charge is -2.10. The predicted octanol–water partition coefficient (Wildman–Crippen LogP) is 3.80. The van der Waals surface area contributed by atoms with E-state index < -0.39 is 11.6 Å². The Morgan fingerprint density at radius 1 is 1.11 bits per heavy atom. The summed E-state index contributed by atoms with van der Waals surface area (Å²) in [5.41, 5.74) is 0.530. The van der Waals surface area contributed by atoms with Crippen molar-refractivity contribution in [3.05, 3.63) is 63.6 Å². The summed E-state index contributed by atoms with van der Waals surface area (Å²) in [4.78, 5) is 0. The molecule has 0 saturated heterocycles. The maximum Gasteiger partial charge on any atom is 0.132 e. The van der Waals surface area contributed by atoms with Crippen LogP contribution in [0.1, 0.15) is 11.1 Å². The molecule has 0 fully saturated rings. The second kappa shape index (κ2) is 6.12. The number of aliphatic hydroxyl groups excluding tert-OH is 1. The summed E-state index contributed by atoms with van der Waals surface area (Å²) in [7, 11) is 0. The molecule has 0 saturated carbocycles. The van der Waals surface area contributed by atoms with E-state index in [1.807, 2.05) is 0 Å². The second-order valence-electron chi connectivity index (χ2n) is 3.90. The van der Waals surface area contributed by atoms with E-state index in [1.54, 1.807) is 18.2 Å². The molecule has 2 aromatic carbocycles. The van der Waals surface area contributed by atoms with E-state index in [2.05, 4.69) is 15.9 Å². The van der Waals surface area contributed by atoms with E-state index in [1.165, 1.54) is 18.2 Å². The molecule has 1 N–H and O–H groups in total. The Morgan fingerprint density at radius 3 is 2.42 bits per heavy atom. The molecule has 0 aliphatic carbocycles. The van der Waals surface area contributed by atoms with Crippen molar-refractivity contribution in [1.29, 1.82) is 0 Å². The Labute approximate surface area is 117 Å². The van der Waals surface area contributed by atoms with Crippen LogP contribution in [0.3, 0.4) is 0 Å². The lowest BCUT2D eigenvalue weighted by Crippen LogP contribution is -2.02. The van der Waals surface area contributed by atoms with Gasteiger partial charge in [0.15, 0.2) is 0 Å². The minimum atomic E-state index is -0.639. The third-order valence-corrected chi connectivity index (χ3v) is 3.41. The third-order valence-electron chi connectivity index (χ3n) is 2.63. The van der Waals surface area contributed by atoms with Gasteiger partial charge in [-0.15, -0.1) is 0 Å². The summed E-state index contributed by atoms with van der Waals surface area (Å²) in [6.45, 7) is -0.350. The van der Waals surface area contributed by atoms with Gasteiger partial charge >= 0.3 is 0 Å². The molecule has 100 valence electrons. The molecule has 0 unspecified atom stereocenters. The van der Waals surface area contributed by atoms with Crippen LogP contribution in [0.4, 0.5) is 8.78 Å². The van der Waals surface area contributed by atoms with Crippen molar-refractivity contribution in [2.75, 3.05) is 0 Å². The minimum absolute atomic E-state index is 0.115. The Balaban J connectivity index is 2.15. The Hall–Kier alpha value is -1.46. The van der Waals surface area contributed by atoms with Crippen LogP contribution in [0.15, 0.2) is 40.9 Å². The highest BCUT2D eigenvalue weighted by Crippen LogP contribution is 2.24. The van der Waals surface area contributed by atoms with Gasteiger partial charge in [-0.25, -0.2) is 8.78 Å². The van der Waals surface area contributed by atoms with Gasteiger partial charge in [-0.2, -0.15) is 0 Å². The molecule has 0 aromatic heterocycles. The SMILES string of the molecule is OCc1cc(OCc2c(F)cccc2F)ccc1Br. The average molecular weight is 329 g/mol. The molecule has 0 radical (unpaired) electrons. The fourth-order valence-corrected chi connectivity index (χ4v) is 1.96. The summed E-state index contributed by atoms with van der Waals surface area (Å²) in [5.74, 6) is -0.839. The van der Waals surface area contributed by atoms with Crippen LogP contribution < -0.4 is 4.74 Å². The number of hydrogen-bond acceptors (Lipinski definition) is 2. The molecule has 19 heavy (non-hydrogen) atoms. The summed E-state index contributed by atoms with van der Waals surface area (Å²) in [6.07, 6.45) is 0. The van der Waals surface area contributed by atoms with Gasteiger partial charge in [0.2, 0.25) is 0 Å². The molecule has 0 bridgehead atoms. The molecule has 2 rings (SSSR count). The lowest BCUT2D eigenvalue weighted by molar-refractivity contribution is 0.275. The molecule has 2 nitrogen and oxygen atoms in total. The van der Waals surface area contributed by atoms with E-state index in [-0.39, 0.29) is 18.8 Å². The first kappa shape index (κ1) is 14.0. The van der Waals surface area contributed by atoms with Crippen LogP contribution in [0.2, 0.25) is 0 Å². The third kappa shape index (κ3) is 3.30. The second-order valence-corrected chi connectivity index (χ2v) is 4.75. The van der Waals surface area contributed by atoms with Gasteiger partial charge in [0, 0.05) is 4.47 Å². The minimum Gasteiger partial charge on any atom is -0.489 e. The van der Waals surface area contributed by atoms with Crippen molar-refractivity contribution in [2.24, 2.45) is 0 Å². The zero-order chi connectivity index (χ0) is 13.8. The lowest BCUT2D eigenvalue weighted by atomic mass is 10.2. The molecule has 0 atom stereocenters. The molecular weight excluding hydrogens is 318 g/mol. The molecule has 0 amide bonds. The van der Waals surface area contributed by atoms with Crippen LogP contribution in [0.5, 0.6) is 5.75 Å². The van der Waals surface area contributed by atoms with Crippen molar-refractivity contribution < 1.29 is 18.6 Å². The topological polar surface area (TPSA) is 29.5 Å². The average Bonchev–Trinajstić information content (AvgIpc) is 2.40. The molecule has 0 heterocycles. The fourth-order valence-electron chi connectivity index (χ4n) is 1.59. The number of ether oxygens (including phenoxy) is 1. The van der Waals surface area contributed by atoms with Gasteiger partial charge in [-0.3, -0.25) is 0 Å². The van der Waals surface area contributed by atoms with Gasteiger partial charge in [0.1, 0.15) is 24.0 Å². The van der Waals surface area contributed by atoms with E-state index in [0.29, 0.717) is 11.3 Å². The first-order valence-corrected chi connectivity index (χ1v) is 6.36. The molecule has 0 spiro atoms. The van der Waals surface area contributed by atoms with Gasteiger partial charge in [0.05, 0.1) is 12.2 Å². The predicted molar refractivity (Wildman–Crippen MR) is 70.8 cm³/mol. The zero-order valence-electron chi connectivity index (χ0n) is 9.87. The van der Waals surface area contributed by atoms with Crippen LogP contribution in [0.25, 0.3) is 0 Å². The highest BCUT2D eigenvalue weighted by Gasteiger charge is 2.09. The van der Waals surface area contributed by atoms with Crippen molar-refractivity contribution in [2.45, 2.75) is 13.2 Å². The summed E-state index contributed by atoms with van der Waals surface area (Å²) in [6, 6.07) is 8.64. The Bertz CT molecular complexity index is 567. The number of rotatable bonds is 4. The van der Waals surface area contributed by atoms with Gasteiger partial charge in [0.25, 0.3) is 0 Å². The summed E-state index contributed by atoms with van der Waals surface area (Å²) < 4.78 is 32.9. The number of aliphatic hydroxyl groups is 1. The van der Waals surface area contributed by atoms with E-state index >= 15 is 0 Å².